The summed E-state index contributed by atoms with van der Waals surface area (Å²) in [4.78, 5) is 13.9. The summed E-state index contributed by atoms with van der Waals surface area (Å²) in [6, 6.07) is 4.74. The largest absolute Gasteiger partial charge is 0.479 e. The smallest absolute Gasteiger partial charge is 0.335 e. The monoisotopic (exact) mass is 377 g/mol. The lowest BCUT2D eigenvalue weighted by atomic mass is 9.99. The number of carboxylic acids is 1. The summed E-state index contributed by atoms with van der Waals surface area (Å²) in [7, 11) is 0. The molecule has 0 bridgehead atoms. The van der Waals surface area contributed by atoms with Gasteiger partial charge in [0, 0.05) is 17.0 Å². The molecule has 0 aliphatic carbocycles. The predicted octanol–water partition coefficient (Wildman–Crippen LogP) is 0.746. The number of aromatic nitrogens is 1. The number of aliphatic hydroxyl groups excluding tert-OH is 3. The van der Waals surface area contributed by atoms with Crippen LogP contribution in [0, 0.1) is 0 Å². The second-order valence-corrected chi connectivity index (χ2v) is 6.09. The van der Waals surface area contributed by atoms with Gasteiger partial charge in [0.05, 0.1) is 10.0 Å². The van der Waals surface area contributed by atoms with E-state index in [-0.39, 0.29) is 5.88 Å². The van der Waals surface area contributed by atoms with Crippen LogP contribution in [0.5, 0.6) is 5.88 Å². The molecular formula is C14H13Cl2NO7. The number of aliphatic hydroxyl groups is 3. The SMILES string of the molecule is O=C(O)[C@H]1O[C@@H](Oc2cc3c(Cl)c(Cl)ccc3[nH]2)[C@H](O)[C@@H](O)[C@@H]1O. The summed E-state index contributed by atoms with van der Waals surface area (Å²) < 4.78 is 10.4. The fourth-order valence-electron chi connectivity index (χ4n) is 2.45. The van der Waals surface area contributed by atoms with Crippen LogP contribution in [0.15, 0.2) is 18.2 Å². The van der Waals surface area contributed by atoms with E-state index in [0.29, 0.717) is 20.9 Å². The van der Waals surface area contributed by atoms with E-state index in [1.165, 1.54) is 6.07 Å². The average Bonchev–Trinajstić information content (AvgIpc) is 2.94. The van der Waals surface area contributed by atoms with Crippen molar-refractivity contribution < 1.29 is 34.7 Å². The zero-order valence-electron chi connectivity index (χ0n) is 11.9. The summed E-state index contributed by atoms with van der Waals surface area (Å²) in [5, 5.41) is 39.5. The molecule has 0 amide bonds. The number of rotatable bonds is 3. The van der Waals surface area contributed by atoms with Crippen LogP contribution in [0.2, 0.25) is 10.0 Å². The predicted molar refractivity (Wildman–Crippen MR) is 83.3 cm³/mol. The normalized spacial score (nSPS) is 30.5. The van der Waals surface area contributed by atoms with Gasteiger partial charge < -0.3 is 34.9 Å². The lowest BCUT2D eigenvalue weighted by molar-refractivity contribution is -0.271. The highest BCUT2D eigenvalue weighted by Gasteiger charge is 2.48. The number of carboxylic acid groups (broad SMARTS) is 1. The van der Waals surface area contributed by atoms with Gasteiger partial charge >= 0.3 is 5.97 Å². The number of nitrogens with one attached hydrogen (secondary N) is 1. The molecule has 0 radical (unpaired) electrons. The van der Waals surface area contributed by atoms with Crippen molar-refractivity contribution in [3.63, 3.8) is 0 Å². The molecular weight excluding hydrogens is 365 g/mol. The van der Waals surface area contributed by atoms with E-state index in [9.17, 15) is 20.1 Å². The molecule has 1 fully saturated rings. The Bertz CT molecular complexity index is 780. The lowest BCUT2D eigenvalue weighted by Crippen LogP contribution is -2.61. The van der Waals surface area contributed by atoms with E-state index in [1.807, 2.05) is 0 Å². The summed E-state index contributed by atoms with van der Waals surface area (Å²) in [6.07, 6.45) is -8.43. The lowest BCUT2D eigenvalue weighted by Gasteiger charge is -2.38. The van der Waals surface area contributed by atoms with Crippen molar-refractivity contribution in [3.8, 4) is 5.88 Å². The minimum atomic E-state index is -1.78. The van der Waals surface area contributed by atoms with Crippen LogP contribution in [0.1, 0.15) is 0 Å². The van der Waals surface area contributed by atoms with Crippen LogP contribution in [-0.2, 0) is 9.53 Å². The van der Waals surface area contributed by atoms with Crippen molar-refractivity contribution >= 4 is 40.1 Å². The van der Waals surface area contributed by atoms with Crippen LogP contribution >= 0.6 is 23.2 Å². The van der Waals surface area contributed by atoms with E-state index >= 15 is 0 Å². The topological polar surface area (TPSA) is 132 Å². The van der Waals surface area contributed by atoms with Gasteiger partial charge in [0.25, 0.3) is 0 Å². The Hall–Kier alpha value is -1.55. The standard InChI is InChI=1S/C14H13Cl2NO7/c15-5-1-2-6-4(8(5)16)3-7(17-6)23-14-11(20)9(18)10(19)12(24-14)13(21)22/h1-3,9-12,14,17-20H,(H,21,22)/t9-,10-,11+,12-,14+/m0/s1. The first-order valence-corrected chi connectivity index (χ1v) is 7.61. The van der Waals surface area contributed by atoms with Gasteiger partial charge in [-0.15, -0.1) is 0 Å². The van der Waals surface area contributed by atoms with Gasteiger partial charge in [-0.2, -0.15) is 0 Å². The maximum Gasteiger partial charge on any atom is 0.335 e. The Morgan fingerprint density at radius 1 is 1.17 bits per heavy atom. The number of carbonyl (C=O) groups is 1. The molecule has 8 nitrogen and oxygen atoms in total. The van der Waals surface area contributed by atoms with E-state index in [4.69, 9.17) is 37.8 Å². The maximum atomic E-state index is 11.1. The minimum Gasteiger partial charge on any atom is -0.479 e. The second kappa shape index (κ2) is 6.40. The first-order valence-electron chi connectivity index (χ1n) is 6.85. The van der Waals surface area contributed by atoms with E-state index < -0.39 is 36.7 Å². The third-order valence-electron chi connectivity index (χ3n) is 3.72. The van der Waals surface area contributed by atoms with Crippen molar-refractivity contribution in [2.24, 2.45) is 0 Å². The molecule has 2 heterocycles. The first kappa shape index (κ1) is 17.3. The second-order valence-electron chi connectivity index (χ2n) is 5.31. The van der Waals surface area contributed by atoms with Crippen molar-refractivity contribution in [1.29, 1.82) is 0 Å². The number of ether oxygens (including phenoxy) is 2. The molecule has 0 saturated carbocycles. The molecule has 1 saturated heterocycles. The number of benzene rings is 1. The van der Waals surface area contributed by atoms with Crippen LogP contribution in [0.3, 0.4) is 0 Å². The van der Waals surface area contributed by atoms with E-state index in [0.717, 1.165) is 0 Å². The Morgan fingerprint density at radius 3 is 2.54 bits per heavy atom. The van der Waals surface area contributed by atoms with Crippen LogP contribution < -0.4 is 4.74 Å². The zero-order valence-corrected chi connectivity index (χ0v) is 13.4. The number of H-pyrrole nitrogens is 1. The van der Waals surface area contributed by atoms with Gasteiger partial charge in [-0.05, 0) is 12.1 Å². The number of hydrogen-bond acceptors (Lipinski definition) is 6. The molecule has 0 unspecified atom stereocenters. The summed E-state index contributed by atoms with van der Waals surface area (Å²) in [5.41, 5.74) is 0.597. The first-order chi connectivity index (χ1) is 11.3. The van der Waals surface area contributed by atoms with Crippen molar-refractivity contribution in [3.05, 3.63) is 28.2 Å². The fourth-order valence-corrected chi connectivity index (χ4v) is 2.84. The Kier molecular flexibility index (Phi) is 4.60. The molecule has 10 heteroatoms. The molecule has 1 aromatic carbocycles. The molecule has 1 aromatic heterocycles. The molecule has 2 aromatic rings. The molecule has 130 valence electrons. The van der Waals surface area contributed by atoms with Crippen LogP contribution in [-0.4, -0.2) is 62.1 Å². The highest BCUT2D eigenvalue weighted by Crippen LogP contribution is 2.34. The highest BCUT2D eigenvalue weighted by atomic mass is 35.5. The van der Waals surface area contributed by atoms with Gasteiger partial charge in [-0.1, -0.05) is 23.2 Å². The van der Waals surface area contributed by atoms with E-state index in [1.54, 1.807) is 12.1 Å². The number of fused-ring (bicyclic) bond motifs is 1. The highest BCUT2D eigenvalue weighted by molar-refractivity contribution is 6.45. The number of aliphatic carboxylic acids is 1. The Labute approximate surface area is 145 Å². The van der Waals surface area contributed by atoms with Gasteiger partial charge in [0.15, 0.2) is 12.0 Å². The fraction of sp³-hybridized carbons (Fsp3) is 0.357. The summed E-state index contributed by atoms with van der Waals surface area (Å²) >= 11 is 12.0. The van der Waals surface area contributed by atoms with Crippen molar-refractivity contribution in [2.75, 3.05) is 0 Å². The summed E-state index contributed by atoms with van der Waals surface area (Å²) in [5.74, 6) is -1.38. The third kappa shape index (κ3) is 2.92. The quantitative estimate of drug-likeness (QED) is 0.532. The van der Waals surface area contributed by atoms with Gasteiger partial charge in [0.1, 0.15) is 18.3 Å². The molecule has 1 aliphatic rings. The Balaban J connectivity index is 1.87. The summed E-state index contributed by atoms with van der Waals surface area (Å²) in [6.45, 7) is 0. The number of hydrogen-bond donors (Lipinski definition) is 5. The van der Waals surface area contributed by atoms with E-state index in [2.05, 4.69) is 4.98 Å². The van der Waals surface area contributed by atoms with Crippen molar-refractivity contribution in [2.45, 2.75) is 30.7 Å². The molecule has 24 heavy (non-hydrogen) atoms. The molecule has 5 atom stereocenters. The van der Waals surface area contributed by atoms with Gasteiger partial charge in [-0.25, -0.2) is 4.79 Å². The molecule has 5 N–H and O–H groups in total. The number of aromatic amines is 1. The van der Waals surface area contributed by atoms with Crippen LogP contribution in [0.25, 0.3) is 10.9 Å². The van der Waals surface area contributed by atoms with Crippen molar-refractivity contribution in [1.82, 2.24) is 4.98 Å². The zero-order chi connectivity index (χ0) is 17.6. The molecule has 3 rings (SSSR count). The molecule has 1 aliphatic heterocycles. The van der Waals surface area contributed by atoms with Gasteiger partial charge in [0.2, 0.25) is 6.29 Å². The maximum absolute atomic E-state index is 11.1. The van der Waals surface area contributed by atoms with Gasteiger partial charge in [-0.3, -0.25) is 0 Å². The Morgan fingerprint density at radius 2 is 1.88 bits per heavy atom. The average molecular weight is 378 g/mol. The number of halogens is 2. The minimum absolute atomic E-state index is 0.117. The molecule has 0 spiro atoms. The van der Waals surface area contributed by atoms with Crippen LogP contribution in [0.4, 0.5) is 0 Å². The third-order valence-corrected chi connectivity index (χ3v) is 4.54.